The quantitative estimate of drug-likeness (QED) is 0.912. The Balaban J connectivity index is 1.83. The molecule has 2 aliphatic rings. The van der Waals surface area contributed by atoms with Crippen LogP contribution in [0.5, 0.6) is 0 Å². The predicted octanol–water partition coefficient (Wildman–Crippen LogP) is 2.63. The molecule has 1 aromatic carbocycles. The van der Waals surface area contributed by atoms with E-state index in [-0.39, 0.29) is 11.9 Å². The zero-order valence-corrected chi connectivity index (χ0v) is 14.0. The summed E-state index contributed by atoms with van der Waals surface area (Å²) in [5.41, 5.74) is 1.63. The van der Waals surface area contributed by atoms with E-state index in [0.717, 1.165) is 24.0 Å². The van der Waals surface area contributed by atoms with Crippen LogP contribution in [0, 0.1) is 0 Å². The van der Waals surface area contributed by atoms with Crippen LogP contribution in [-0.2, 0) is 22.5 Å². The number of hydrogen-bond donors (Lipinski definition) is 1. The van der Waals surface area contributed by atoms with Crippen LogP contribution in [0.2, 0.25) is 0 Å². The molecule has 124 valence electrons. The number of rotatable bonds is 2. The van der Waals surface area contributed by atoms with Gasteiger partial charge in [-0.3, -0.25) is 9.69 Å². The zero-order valence-electron chi connectivity index (χ0n) is 14.0. The normalized spacial score (nSPS) is 20.7. The number of fused-ring (bicyclic) bond motifs is 1. The largest absolute Gasteiger partial charge is 0.444 e. The lowest BCUT2D eigenvalue weighted by atomic mass is 9.94. The van der Waals surface area contributed by atoms with Crippen molar-refractivity contribution in [2.24, 2.45) is 0 Å². The number of amides is 2. The first-order valence-electron chi connectivity index (χ1n) is 8.20. The molecule has 5 heteroatoms. The Morgan fingerprint density at radius 2 is 1.83 bits per heavy atom. The predicted molar refractivity (Wildman–Crippen MR) is 86.9 cm³/mol. The summed E-state index contributed by atoms with van der Waals surface area (Å²) in [6, 6.07) is 7.73. The molecule has 1 N–H and O–H groups in total. The van der Waals surface area contributed by atoms with Gasteiger partial charge in [-0.25, -0.2) is 4.79 Å². The minimum absolute atomic E-state index is 0.0761. The Labute approximate surface area is 137 Å². The fraction of sp³-hybridized carbons (Fsp3) is 0.556. The molecule has 1 aliphatic carbocycles. The third-order valence-electron chi connectivity index (χ3n) is 4.10. The van der Waals surface area contributed by atoms with Gasteiger partial charge in [0, 0.05) is 12.5 Å². The minimum Gasteiger partial charge on any atom is -0.444 e. The van der Waals surface area contributed by atoms with Gasteiger partial charge in [0.15, 0.2) is 0 Å². The van der Waals surface area contributed by atoms with Crippen molar-refractivity contribution >= 4 is 12.0 Å². The lowest BCUT2D eigenvalue weighted by Crippen LogP contribution is -2.54. The Hall–Kier alpha value is -2.04. The van der Waals surface area contributed by atoms with Crippen molar-refractivity contribution in [3.05, 3.63) is 35.4 Å². The van der Waals surface area contributed by atoms with E-state index in [1.807, 2.05) is 45.0 Å². The molecule has 0 radical (unpaired) electrons. The van der Waals surface area contributed by atoms with Crippen LogP contribution >= 0.6 is 0 Å². The molecule has 0 spiro atoms. The highest BCUT2D eigenvalue weighted by Gasteiger charge is 2.38. The zero-order chi connectivity index (χ0) is 16.6. The Morgan fingerprint density at radius 1 is 1.17 bits per heavy atom. The molecule has 23 heavy (non-hydrogen) atoms. The number of benzene rings is 1. The van der Waals surface area contributed by atoms with E-state index in [1.165, 1.54) is 0 Å². The lowest BCUT2D eigenvalue weighted by molar-refractivity contribution is -0.127. The Bertz CT molecular complexity index is 617. The third-order valence-corrected chi connectivity index (χ3v) is 4.10. The molecule has 1 aromatic rings. The number of ether oxygens (including phenoxy) is 1. The summed E-state index contributed by atoms with van der Waals surface area (Å²) in [5.74, 6) is -0.0761. The van der Waals surface area contributed by atoms with E-state index in [9.17, 15) is 9.59 Å². The van der Waals surface area contributed by atoms with E-state index in [2.05, 4.69) is 5.32 Å². The molecule has 0 saturated heterocycles. The highest BCUT2D eigenvalue weighted by Crippen LogP contribution is 2.26. The van der Waals surface area contributed by atoms with Crippen molar-refractivity contribution in [3.8, 4) is 0 Å². The van der Waals surface area contributed by atoms with Crippen LogP contribution in [0.3, 0.4) is 0 Å². The van der Waals surface area contributed by atoms with Gasteiger partial charge < -0.3 is 10.1 Å². The first-order chi connectivity index (χ1) is 10.8. The number of carbonyl (C=O) groups is 2. The first-order valence-corrected chi connectivity index (χ1v) is 8.20. The Morgan fingerprint density at radius 3 is 2.43 bits per heavy atom. The standard InChI is InChI=1S/C18H24N2O3/c1-18(2,3)23-17(22)20-11-13-7-5-4-6-12(13)10-15(20)16(21)19-14-8-9-14/h4-7,14-15H,8-11H2,1-3H3,(H,19,21). The van der Waals surface area contributed by atoms with Crippen molar-refractivity contribution in [2.45, 2.75) is 64.3 Å². The van der Waals surface area contributed by atoms with Crippen LogP contribution in [0.25, 0.3) is 0 Å². The highest BCUT2D eigenvalue weighted by molar-refractivity contribution is 5.87. The van der Waals surface area contributed by atoms with Crippen molar-refractivity contribution in [1.29, 1.82) is 0 Å². The van der Waals surface area contributed by atoms with Gasteiger partial charge in [0.2, 0.25) is 5.91 Å². The molecule has 3 rings (SSSR count). The number of nitrogens with one attached hydrogen (secondary N) is 1. The summed E-state index contributed by atoms with van der Waals surface area (Å²) in [6.45, 7) is 5.92. The van der Waals surface area contributed by atoms with Crippen LogP contribution in [0.4, 0.5) is 4.79 Å². The maximum Gasteiger partial charge on any atom is 0.411 e. The summed E-state index contributed by atoms with van der Waals surface area (Å²) < 4.78 is 5.50. The molecular weight excluding hydrogens is 292 g/mol. The van der Waals surface area contributed by atoms with Crippen molar-refractivity contribution in [2.75, 3.05) is 0 Å². The van der Waals surface area contributed by atoms with Gasteiger partial charge in [0.1, 0.15) is 11.6 Å². The smallest absolute Gasteiger partial charge is 0.411 e. The second-order valence-corrected chi connectivity index (χ2v) is 7.38. The SMILES string of the molecule is CC(C)(C)OC(=O)N1Cc2ccccc2CC1C(=O)NC1CC1. The van der Waals surface area contributed by atoms with Gasteiger partial charge >= 0.3 is 6.09 Å². The molecule has 1 saturated carbocycles. The monoisotopic (exact) mass is 316 g/mol. The molecule has 1 aliphatic heterocycles. The molecule has 1 unspecified atom stereocenters. The lowest BCUT2D eigenvalue weighted by Gasteiger charge is -2.36. The molecular formula is C18H24N2O3. The minimum atomic E-state index is -0.578. The van der Waals surface area contributed by atoms with Crippen LogP contribution in [0.15, 0.2) is 24.3 Å². The molecule has 1 heterocycles. The second kappa shape index (κ2) is 5.87. The van der Waals surface area contributed by atoms with E-state index >= 15 is 0 Å². The number of carbonyl (C=O) groups excluding carboxylic acids is 2. The van der Waals surface area contributed by atoms with Gasteiger partial charge in [-0.1, -0.05) is 24.3 Å². The molecule has 5 nitrogen and oxygen atoms in total. The van der Waals surface area contributed by atoms with E-state index < -0.39 is 17.7 Å². The fourth-order valence-corrected chi connectivity index (χ4v) is 2.79. The average molecular weight is 316 g/mol. The van der Waals surface area contributed by atoms with Crippen LogP contribution < -0.4 is 5.32 Å². The molecule has 0 aromatic heterocycles. The number of nitrogens with zero attached hydrogens (tertiary/aromatic N) is 1. The van der Waals surface area contributed by atoms with Gasteiger partial charge in [-0.05, 0) is 44.7 Å². The molecule has 1 fully saturated rings. The van der Waals surface area contributed by atoms with Crippen molar-refractivity contribution < 1.29 is 14.3 Å². The van der Waals surface area contributed by atoms with Crippen LogP contribution in [-0.4, -0.2) is 34.6 Å². The summed E-state index contributed by atoms with van der Waals surface area (Å²) in [5, 5.41) is 3.01. The van der Waals surface area contributed by atoms with Crippen LogP contribution in [0.1, 0.15) is 44.7 Å². The summed E-state index contributed by atoms with van der Waals surface area (Å²) >= 11 is 0. The fourth-order valence-electron chi connectivity index (χ4n) is 2.79. The molecule has 2 amide bonds. The summed E-state index contributed by atoms with van der Waals surface area (Å²) in [7, 11) is 0. The third kappa shape index (κ3) is 3.84. The Kier molecular flexibility index (Phi) is 4.04. The van der Waals surface area contributed by atoms with Crippen molar-refractivity contribution in [1.82, 2.24) is 10.2 Å². The van der Waals surface area contributed by atoms with E-state index in [4.69, 9.17) is 4.74 Å². The molecule has 1 atom stereocenters. The van der Waals surface area contributed by atoms with Gasteiger partial charge in [0.25, 0.3) is 0 Å². The topological polar surface area (TPSA) is 58.6 Å². The average Bonchev–Trinajstić information content (AvgIpc) is 3.28. The van der Waals surface area contributed by atoms with E-state index in [1.54, 1.807) is 4.90 Å². The number of hydrogen-bond acceptors (Lipinski definition) is 3. The second-order valence-electron chi connectivity index (χ2n) is 7.38. The highest BCUT2D eigenvalue weighted by atomic mass is 16.6. The maximum absolute atomic E-state index is 12.6. The van der Waals surface area contributed by atoms with Gasteiger partial charge in [-0.15, -0.1) is 0 Å². The maximum atomic E-state index is 12.6. The van der Waals surface area contributed by atoms with Crippen molar-refractivity contribution in [3.63, 3.8) is 0 Å². The first kappa shape index (κ1) is 15.8. The van der Waals surface area contributed by atoms with Gasteiger partial charge in [0.05, 0.1) is 6.54 Å². The van der Waals surface area contributed by atoms with Gasteiger partial charge in [-0.2, -0.15) is 0 Å². The summed E-state index contributed by atoms with van der Waals surface area (Å²) in [6.07, 6.45) is 2.17. The van der Waals surface area contributed by atoms with E-state index in [0.29, 0.717) is 13.0 Å². The molecule has 0 bridgehead atoms. The summed E-state index contributed by atoms with van der Waals surface area (Å²) in [4.78, 5) is 26.7.